The highest BCUT2D eigenvalue weighted by molar-refractivity contribution is 7.14. The minimum absolute atomic E-state index is 0.00895. The maximum atomic E-state index is 12.5. The third-order valence-corrected chi connectivity index (χ3v) is 4.83. The van der Waals surface area contributed by atoms with Crippen LogP contribution in [0, 0.1) is 12.3 Å². The number of furan rings is 1. The lowest BCUT2D eigenvalue weighted by Crippen LogP contribution is -2.26. The Kier molecular flexibility index (Phi) is 3.91. The highest BCUT2D eigenvalue weighted by Crippen LogP contribution is 2.38. The van der Waals surface area contributed by atoms with Gasteiger partial charge in [0.2, 0.25) is 0 Å². The zero-order chi connectivity index (χ0) is 17.6. The van der Waals surface area contributed by atoms with E-state index in [9.17, 15) is 14.4 Å². The largest absolute Gasteiger partial charge is 0.455 e. The van der Waals surface area contributed by atoms with Crippen LogP contribution in [0.1, 0.15) is 69.9 Å². The van der Waals surface area contributed by atoms with Gasteiger partial charge in [-0.1, -0.05) is 13.8 Å². The first-order chi connectivity index (χ1) is 11.2. The van der Waals surface area contributed by atoms with Crippen LogP contribution in [0.4, 0.5) is 5.13 Å². The van der Waals surface area contributed by atoms with Gasteiger partial charge in [0, 0.05) is 30.7 Å². The summed E-state index contributed by atoms with van der Waals surface area (Å²) in [6, 6.07) is 0. The van der Waals surface area contributed by atoms with Crippen molar-refractivity contribution in [2.75, 3.05) is 5.32 Å². The van der Waals surface area contributed by atoms with Crippen LogP contribution in [0.5, 0.6) is 0 Å². The number of Topliss-reactive ketones (excluding diaryl/α,β-unsaturated/α-hetero) is 2. The molecule has 0 aromatic carbocycles. The van der Waals surface area contributed by atoms with Gasteiger partial charge in [-0.25, -0.2) is 4.98 Å². The molecule has 0 unspecified atom stereocenters. The maximum absolute atomic E-state index is 12.5. The number of nitrogens with zero attached hydrogens (tertiary/aromatic N) is 1. The third kappa shape index (κ3) is 2.91. The van der Waals surface area contributed by atoms with Gasteiger partial charge in [0.15, 0.2) is 22.5 Å². The predicted octanol–water partition coefficient (Wildman–Crippen LogP) is 3.65. The fourth-order valence-corrected chi connectivity index (χ4v) is 3.69. The van der Waals surface area contributed by atoms with Crippen LogP contribution in [0.3, 0.4) is 0 Å². The van der Waals surface area contributed by atoms with Gasteiger partial charge >= 0.3 is 0 Å². The van der Waals surface area contributed by atoms with E-state index in [1.165, 1.54) is 18.3 Å². The molecule has 24 heavy (non-hydrogen) atoms. The monoisotopic (exact) mass is 346 g/mol. The average molecular weight is 346 g/mol. The normalized spacial score (nSPS) is 15.9. The van der Waals surface area contributed by atoms with Crippen molar-refractivity contribution in [3.05, 3.63) is 33.7 Å². The van der Waals surface area contributed by atoms with E-state index in [1.54, 1.807) is 12.3 Å². The number of carbonyl (C=O) groups is 3. The van der Waals surface area contributed by atoms with Crippen molar-refractivity contribution >= 4 is 33.9 Å². The van der Waals surface area contributed by atoms with Crippen LogP contribution in [-0.2, 0) is 6.42 Å². The molecular weight excluding hydrogens is 328 g/mol. The van der Waals surface area contributed by atoms with Crippen molar-refractivity contribution in [3.8, 4) is 0 Å². The molecule has 0 atom stereocenters. The van der Waals surface area contributed by atoms with E-state index in [4.69, 9.17) is 4.42 Å². The van der Waals surface area contributed by atoms with E-state index >= 15 is 0 Å². The number of rotatable bonds is 3. The van der Waals surface area contributed by atoms with Crippen LogP contribution in [0.25, 0.3) is 0 Å². The lowest BCUT2D eigenvalue weighted by Gasteiger charge is -2.27. The Bertz CT molecular complexity index is 860. The first-order valence-corrected chi connectivity index (χ1v) is 8.49. The quantitative estimate of drug-likeness (QED) is 0.857. The minimum atomic E-state index is -0.461. The molecule has 1 N–H and O–H groups in total. The van der Waals surface area contributed by atoms with Gasteiger partial charge in [-0.05, 0) is 12.3 Å². The summed E-state index contributed by atoms with van der Waals surface area (Å²) >= 11 is 1.17. The lowest BCUT2D eigenvalue weighted by atomic mass is 9.76. The Balaban J connectivity index is 1.88. The topological polar surface area (TPSA) is 89.3 Å². The fourth-order valence-electron chi connectivity index (χ4n) is 2.95. The van der Waals surface area contributed by atoms with Crippen molar-refractivity contribution in [2.24, 2.45) is 5.41 Å². The van der Waals surface area contributed by atoms with Crippen molar-refractivity contribution < 1.29 is 18.8 Å². The van der Waals surface area contributed by atoms with Gasteiger partial charge in [-0.2, -0.15) is 0 Å². The van der Waals surface area contributed by atoms with E-state index in [-0.39, 0.29) is 22.7 Å². The van der Waals surface area contributed by atoms with Crippen molar-refractivity contribution in [3.63, 3.8) is 0 Å². The average Bonchev–Trinajstić information content (AvgIpc) is 3.02. The molecule has 1 aliphatic carbocycles. The summed E-state index contributed by atoms with van der Waals surface area (Å²) < 4.78 is 5.71. The summed E-state index contributed by atoms with van der Waals surface area (Å²) in [5.74, 6) is 0.0870. The van der Waals surface area contributed by atoms with Gasteiger partial charge in [0.1, 0.15) is 11.5 Å². The Hall–Kier alpha value is -2.28. The standard InChI is InChI=1S/C17H18N2O4S/c1-8-13-11(21)5-17(3,4)6-12(13)23-14(8)15(22)19-16-18-10(7-24-16)9(2)20/h7H,5-6H2,1-4H3,(H,18,19,22). The number of amides is 1. The predicted molar refractivity (Wildman–Crippen MR) is 89.9 cm³/mol. The van der Waals surface area contributed by atoms with Gasteiger partial charge < -0.3 is 4.42 Å². The van der Waals surface area contributed by atoms with Gasteiger partial charge in [-0.3, -0.25) is 19.7 Å². The molecule has 0 radical (unpaired) electrons. The van der Waals surface area contributed by atoms with Crippen molar-refractivity contribution in [1.29, 1.82) is 0 Å². The smallest absolute Gasteiger partial charge is 0.293 e. The number of thiazole rings is 1. The molecule has 0 saturated carbocycles. The molecule has 0 fully saturated rings. The number of hydrogen-bond acceptors (Lipinski definition) is 6. The summed E-state index contributed by atoms with van der Waals surface area (Å²) in [7, 11) is 0. The minimum Gasteiger partial charge on any atom is -0.455 e. The van der Waals surface area contributed by atoms with E-state index in [0.717, 1.165) is 0 Å². The third-order valence-electron chi connectivity index (χ3n) is 4.07. The van der Waals surface area contributed by atoms with E-state index in [0.29, 0.717) is 40.6 Å². The molecule has 0 saturated heterocycles. The second kappa shape index (κ2) is 5.66. The highest BCUT2D eigenvalue weighted by Gasteiger charge is 2.37. The maximum Gasteiger partial charge on any atom is 0.293 e. The molecule has 2 heterocycles. The summed E-state index contributed by atoms with van der Waals surface area (Å²) in [4.78, 5) is 40.1. The first kappa shape index (κ1) is 16.6. The molecule has 126 valence electrons. The Morgan fingerprint density at radius 2 is 2.04 bits per heavy atom. The zero-order valence-electron chi connectivity index (χ0n) is 14.0. The second-order valence-electron chi connectivity index (χ2n) is 6.84. The number of ketones is 2. The number of fused-ring (bicyclic) bond motifs is 1. The molecule has 2 aromatic heterocycles. The van der Waals surface area contributed by atoms with Crippen LogP contribution in [0.15, 0.2) is 9.80 Å². The first-order valence-electron chi connectivity index (χ1n) is 7.61. The van der Waals surface area contributed by atoms with Gasteiger partial charge in [0.25, 0.3) is 5.91 Å². The lowest BCUT2D eigenvalue weighted by molar-refractivity contribution is 0.0898. The highest BCUT2D eigenvalue weighted by atomic mass is 32.1. The van der Waals surface area contributed by atoms with Gasteiger partial charge in [-0.15, -0.1) is 11.3 Å². The summed E-state index contributed by atoms with van der Waals surface area (Å²) in [6.45, 7) is 7.14. The summed E-state index contributed by atoms with van der Waals surface area (Å²) in [5, 5.41) is 4.54. The Morgan fingerprint density at radius 1 is 1.33 bits per heavy atom. The van der Waals surface area contributed by atoms with E-state index < -0.39 is 5.91 Å². The number of anilines is 1. The fraction of sp³-hybridized carbons (Fsp3) is 0.412. The number of aromatic nitrogens is 1. The molecule has 0 bridgehead atoms. The number of hydrogen-bond donors (Lipinski definition) is 1. The molecular formula is C17H18N2O4S. The molecule has 0 spiro atoms. The van der Waals surface area contributed by atoms with Crippen LogP contribution in [0.2, 0.25) is 0 Å². The van der Waals surface area contributed by atoms with E-state index in [2.05, 4.69) is 10.3 Å². The Morgan fingerprint density at radius 3 is 2.67 bits per heavy atom. The second-order valence-corrected chi connectivity index (χ2v) is 7.70. The van der Waals surface area contributed by atoms with Crippen molar-refractivity contribution in [2.45, 2.75) is 40.5 Å². The molecule has 1 amide bonds. The van der Waals surface area contributed by atoms with Crippen LogP contribution in [-0.4, -0.2) is 22.5 Å². The van der Waals surface area contributed by atoms with Crippen LogP contribution < -0.4 is 5.32 Å². The zero-order valence-corrected chi connectivity index (χ0v) is 14.8. The van der Waals surface area contributed by atoms with Crippen molar-refractivity contribution in [1.82, 2.24) is 4.98 Å². The molecule has 6 nitrogen and oxygen atoms in total. The molecule has 7 heteroatoms. The number of nitrogens with one attached hydrogen (secondary N) is 1. The molecule has 1 aliphatic rings. The van der Waals surface area contributed by atoms with Crippen LogP contribution >= 0.6 is 11.3 Å². The SMILES string of the molecule is CC(=O)c1csc(NC(=O)c2oc3c(c2C)C(=O)CC(C)(C)C3)n1. The molecule has 0 aliphatic heterocycles. The van der Waals surface area contributed by atoms with Gasteiger partial charge in [0.05, 0.1) is 5.56 Å². The summed E-state index contributed by atoms with van der Waals surface area (Å²) in [6.07, 6.45) is 1.06. The number of carbonyl (C=O) groups excluding carboxylic acids is 3. The Labute approximate surface area is 143 Å². The molecule has 2 aromatic rings. The molecule has 3 rings (SSSR count). The summed E-state index contributed by atoms with van der Waals surface area (Å²) in [5.41, 5.74) is 1.23. The van der Waals surface area contributed by atoms with E-state index in [1.807, 2.05) is 13.8 Å².